The summed E-state index contributed by atoms with van der Waals surface area (Å²) >= 11 is 0. The molecule has 0 aliphatic heterocycles. The van der Waals surface area contributed by atoms with E-state index in [9.17, 15) is 18.0 Å². The van der Waals surface area contributed by atoms with Gasteiger partial charge in [0.2, 0.25) is 5.88 Å². The van der Waals surface area contributed by atoms with Crippen molar-refractivity contribution >= 4 is 16.7 Å². The molecular weight excluding hydrogens is 311 g/mol. The Morgan fingerprint density at radius 2 is 1.87 bits per heavy atom. The van der Waals surface area contributed by atoms with E-state index in [1.807, 2.05) is 0 Å². The van der Waals surface area contributed by atoms with Crippen LogP contribution in [0.4, 0.5) is 13.2 Å². The maximum absolute atomic E-state index is 13.0. The van der Waals surface area contributed by atoms with Gasteiger partial charge >= 0.3 is 12.1 Å². The van der Waals surface area contributed by atoms with Crippen LogP contribution in [-0.4, -0.2) is 24.2 Å². The molecule has 0 saturated heterocycles. The van der Waals surface area contributed by atoms with Crippen LogP contribution >= 0.6 is 0 Å². The van der Waals surface area contributed by atoms with Crippen molar-refractivity contribution in [2.75, 3.05) is 13.2 Å². The summed E-state index contributed by atoms with van der Waals surface area (Å²) in [5, 5.41) is 0.461. The third-order valence-electron chi connectivity index (χ3n) is 3.24. The van der Waals surface area contributed by atoms with Crippen molar-refractivity contribution in [2.24, 2.45) is 0 Å². The largest absolute Gasteiger partial charge is 0.478 e. The number of ether oxygens (including phenoxy) is 2. The molecule has 0 radical (unpaired) electrons. The van der Waals surface area contributed by atoms with E-state index in [1.165, 1.54) is 13.0 Å². The summed E-state index contributed by atoms with van der Waals surface area (Å²) < 4.78 is 49.3. The molecule has 124 valence electrons. The van der Waals surface area contributed by atoms with Gasteiger partial charge in [0.05, 0.1) is 30.0 Å². The highest BCUT2D eigenvalue weighted by molar-refractivity contribution is 6.07. The van der Waals surface area contributed by atoms with E-state index in [0.717, 1.165) is 12.1 Å². The molecule has 0 aliphatic carbocycles. The Morgan fingerprint density at radius 3 is 2.43 bits per heavy atom. The SMILES string of the molecule is CCOC(=O)c1c(C)nc(OCC)c2ccc(C(F)(F)F)cc12. The van der Waals surface area contributed by atoms with Crippen LogP contribution in [0.3, 0.4) is 0 Å². The number of halogens is 3. The second-order valence-corrected chi connectivity index (χ2v) is 4.79. The third kappa shape index (κ3) is 3.38. The van der Waals surface area contributed by atoms with Crippen LogP contribution in [-0.2, 0) is 10.9 Å². The van der Waals surface area contributed by atoms with E-state index in [2.05, 4.69) is 4.98 Å². The zero-order valence-corrected chi connectivity index (χ0v) is 13.0. The lowest BCUT2D eigenvalue weighted by Gasteiger charge is -2.15. The summed E-state index contributed by atoms with van der Waals surface area (Å²) in [5.41, 5.74) is -0.557. The number of aryl methyl sites for hydroxylation is 1. The lowest BCUT2D eigenvalue weighted by Crippen LogP contribution is -2.11. The molecule has 4 nitrogen and oxygen atoms in total. The first-order valence-corrected chi connectivity index (χ1v) is 7.11. The normalized spacial score (nSPS) is 11.6. The molecule has 7 heteroatoms. The zero-order valence-electron chi connectivity index (χ0n) is 13.0. The van der Waals surface area contributed by atoms with Gasteiger partial charge in [0.1, 0.15) is 0 Å². The molecular formula is C16H16F3NO3. The summed E-state index contributed by atoms with van der Waals surface area (Å²) in [4.78, 5) is 16.3. The molecule has 0 amide bonds. The van der Waals surface area contributed by atoms with Crippen molar-refractivity contribution in [3.05, 3.63) is 35.0 Å². The minimum Gasteiger partial charge on any atom is -0.478 e. The number of benzene rings is 1. The lowest BCUT2D eigenvalue weighted by atomic mass is 10.0. The molecule has 2 rings (SSSR count). The number of pyridine rings is 1. The van der Waals surface area contributed by atoms with Gasteiger partial charge in [-0.1, -0.05) is 0 Å². The van der Waals surface area contributed by atoms with Gasteiger partial charge in [0, 0.05) is 10.8 Å². The zero-order chi connectivity index (χ0) is 17.2. The topological polar surface area (TPSA) is 48.4 Å². The highest BCUT2D eigenvalue weighted by Gasteiger charge is 2.31. The van der Waals surface area contributed by atoms with Crippen LogP contribution in [0, 0.1) is 6.92 Å². The Kier molecular flexibility index (Phi) is 4.77. The minimum absolute atomic E-state index is 0.0244. The van der Waals surface area contributed by atoms with Crippen molar-refractivity contribution in [3.8, 4) is 5.88 Å². The van der Waals surface area contributed by atoms with Crippen molar-refractivity contribution in [1.82, 2.24) is 4.98 Å². The lowest BCUT2D eigenvalue weighted by molar-refractivity contribution is -0.137. The molecule has 0 N–H and O–H groups in total. The van der Waals surface area contributed by atoms with E-state index >= 15 is 0 Å². The molecule has 1 aromatic heterocycles. The van der Waals surface area contributed by atoms with E-state index in [-0.39, 0.29) is 29.1 Å². The fraction of sp³-hybridized carbons (Fsp3) is 0.375. The first-order chi connectivity index (χ1) is 10.8. The van der Waals surface area contributed by atoms with Crippen LogP contribution in [0.1, 0.15) is 35.5 Å². The number of aromatic nitrogens is 1. The molecule has 0 atom stereocenters. The number of nitrogens with zero attached hydrogens (tertiary/aromatic N) is 1. The maximum atomic E-state index is 13.0. The fourth-order valence-corrected chi connectivity index (χ4v) is 2.28. The van der Waals surface area contributed by atoms with Gasteiger partial charge in [-0.15, -0.1) is 0 Å². The predicted molar refractivity (Wildman–Crippen MR) is 78.6 cm³/mol. The molecule has 1 heterocycles. The van der Waals surface area contributed by atoms with Gasteiger partial charge in [-0.05, 0) is 39.0 Å². The second kappa shape index (κ2) is 6.44. The van der Waals surface area contributed by atoms with E-state index in [1.54, 1.807) is 13.8 Å². The number of hydrogen-bond donors (Lipinski definition) is 0. The number of hydrogen-bond acceptors (Lipinski definition) is 4. The molecule has 0 bridgehead atoms. The number of carbonyl (C=O) groups is 1. The van der Waals surface area contributed by atoms with Crippen LogP contribution < -0.4 is 4.74 Å². The van der Waals surface area contributed by atoms with Gasteiger partial charge in [-0.25, -0.2) is 9.78 Å². The Morgan fingerprint density at radius 1 is 1.17 bits per heavy atom. The molecule has 2 aromatic rings. The minimum atomic E-state index is -4.51. The monoisotopic (exact) mass is 327 g/mol. The van der Waals surface area contributed by atoms with Crippen LogP contribution in [0.5, 0.6) is 5.88 Å². The Balaban J connectivity index is 2.79. The van der Waals surface area contributed by atoms with Crippen LogP contribution in [0.15, 0.2) is 18.2 Å². The summed E-state index contributed by atoms with van der Waals surface area (Å²) in [7, 11) is 0. The van der Waals surface area contributed by atoms with Gasteiger partial charge in [-0.2, -0.15) is 13.2 Å². The molecule has 1 aromatic carbocycles. The van der Waals surface area contributed by atoms with E-state index in [4.69, 9.17) is 9.47 Å². The predicted octanol–water partition coefficient (Wildman–Crippen LogP) is 4.14. The fourth-order valence-electron chi connectivity index (χ4n) is 2.28. The Bertz CT molecular complexity index is 741. The highest BCUT2D eigenvalue weighted by atomic mass is 19.4. The van der Waals surface area contributed by atoms with Crippen LogP contribution in [0.2, 0.25) is 0 Å². The second-order valence-electron chi connectivity index (χ2n) is 4.79. The van der Waals surface area contributed by atoms with Crippen molar-refractivity contribution in [2.45, 2.75) is 26.9 Å². The summed E-state index contributed by atoms with van der Waals surface area (Å²) in [6.07, 6.45) is -4.51. The number of esters is 1. The first-order valence-electron chi connectivity index (χ1n) is 7.11. The van der Waals surface area contributed by atoms with E-state index < -0.39 is 17.7 Å². The molecule has 0 saturated carbocycles. The quantitative estimate of drug-likeness (QED) is 0.792. The standard InChI is InChI=1S/C16H16F3NO3/c1-4-22-14-11-7-6-10(16(17,18)19)8-12(11)13(9(3)20-14)15(21)23-5-2/h6-8H,4-5H2,1-3H3. The Labute approximate surface area is 131 Å². The molecule has 0 spiro atoms. The molecule has 23 heavy (non-hydrogen) atoms. The number of carbonyl (C=O) groups excluding carboxylic acids is 1. The average Bonchev–Trinajstić information content (AvgIpc) is 2.46. The molecule has 0 unspecified atom stereocenters. The molecule has 0 fully saturated rings. The first kappa shape index (κ1) is 17.1. The number of rotatable bonds is 4. The van der Waals surface area contributed by atoms with Gasteiger partial charge < -0.3 is 9.47 Å². The van der Waals surface area contributed by atoms with Crippen molar-refractivity contribution in [1.29, 1.82) is 0 Å². The summed E-state index contributed by atoms with van der Waals surface area (Å²) in [6, 6.07) is 3.13. The summed E-state index contributed by atoms with van der Waals surface area (Å²) in [5.74, 6) is -0.508. The van der Waals surface area contributed by atoms with Gasteiger partial charge in [-0.3, -0.25) is 0 Å². The number of alkyl halides is 3. The average molecular weight is 327 g/mol. The third-order valence-corrected chi connectivity index (χ3v) is 3.24. The highest BCUT2D eigenvalue weighted by Crippen LogP contribution is 2.35. The smallest absolute Gasteiger partial charge is 0.416 e. The van der Waals surface area contributed by atoms with E-state index in [0.29, 0.717) is 12.0 Å². The number of fused-ring (bicyclic) bond motifs is 1. The Hall–Kier alpha value is -2.31. The van der Waals surface area contributed by atoms with Gasteiger partial charge in [0.25, 0.3) is 0 Å². The van der Waals surface area contributed by atoms with Crippen LogP contribution in [0.25, 0.3) is 10.8 Å². The summed E-state index contributed by atoms with van der Waals surface area (Å²) in [6.45, 7) is 5.33. The molecule has 0 aliphatic rings. The maximum Gasteiger partial charge on any atom is 0.416 e. The van der Waals surface area contributed by atoms with Crippen molar-refractivity contribution < 1.29 is 27.4 Å². The van der Waals surface area contributed by atoms with Gasteiger partial charge in [0.15, 0.2) is 0 Å². The van der Waals surface area contributed by atoms with Crippen molar-refractivity contribution in [3.63, 3.8) is 0 Å².